The number of aromatic nitrogens is 1. The molecule has 1 amide bonds. The number of amides is 1. The Balaban J connectivity index is 1.60. The second kappa shape index (κ2) is 8.25. The summed E-state index contributed by atoms with van der Waals surface area (Å²) >= 11 is 1.67. The Morgan fingerprint density at radius 1 is 1.18 bits per heavy atom. The SMILES string of the molecule is CC(Cc1nc2ccccc2s1)(C(=O)NCC1=CCNCC1)c1ccccc1. The number of hydrogen-bond acceptors (Lipinski definition) is 4. The van der Waals surface area contributed by atoms with Gasteiger partial charge in [0.2, 0.25) is 5.91 Å². The van der Waals surface area contributed by atoms with Crippen molar-refractivity contribution in [2.75, 3.05) is 19.6 Å². The highest BCUT2D eigenvalue weighted by molar-refractivity contribution is 7.18. The van der Waals surface area contributed by atoms with Crippen LogP contribution in [-0.2, 0) is 16.6 Å². The van der Waals surface area contributed by atoms with E-state index >= 15 is 0 Å². The third kappa shape index (κ3) is 4.01. The van der Waals surface area contributed by atoms with Gasteiger partial charge in [0, 0.05) is 19.5 Å². The van der Waals surface area contributed by atoms with Crippen LogP contribution in [0.4, 0.5) is 0 Å². The van der Waals surface area contributed by atoms with Crippen molar-refractivity contribution in [2.45, 2.75) is 25.2 Å². The molecule has 1 atom stereocenters. The number of nitrogens with zero attached hydrogens (tertiary/aromatic N) is 1. The molecule has 4 nitrogen and oxygen atoms in total. The number of rotatable bonds is 6. The fourth-order valence-electron chi connectivity index (χ4n) is 3.64. The maximum atomic E-state index is 13.4. The standard InChI is InChI=1S/C23H25N3OS/c1-23(18-7-3-2-4-8-18,22(27)25-16-17-11-13-24-14-12-17)15-21-26-19-9-5-6-10-20(19)28-21/h2-11,24H,12-16H2,1H3,(H,25,27). The first kappa shape index (κ1) is 18.8. The normalized spacial score (nSPS) is 16.4. The lowest BCUT2D eigenvalue weighted by Gasteiger charge is -2.29. The fourth-order valence-corrected chi connectivity index (χ4v) is 4.76. The van der Waals surface area contributed by atoms with Crippen molar-refractivity contribution in [1.29, 1.82) is 0 Å². The van der Waals surface area contributed by atoms with Gasteiger partial charge in [0.25, 0.3) is 0 Å². The smallest absolute Gasteiger partial charge is 0.231 e. The van der Waals surface area contributed by atoms with Crippen LogP contribution in [-0.4, -0.2) is 30.5 Å². The Bertz CT molecular complexity index is 962. The first-order valence-corrected chi connectivity index (χ1v) is 10.5. The first-order chi connectivity index (χ1) is 13.6. The van der Waals surface area contributed by atoms with Crippen molar-refractivity contribution in [3.05, 3.63) is 76.8 Å². The summed E-state index contributed by atoms with van der Waals surface area (Å²) in [6.07, 6.45) is 3.75. The Morgan fingerprint density at radius 2 is 1.96 bits per heavy atom. The van der Waals surface area contributed by atoms with Gasteiger partial charge in [0.05, 0.1) is 20.6 Å². The van der Waals surface area contributed by atoms with Crippen molar-refractivity contribution in [3.63, 3.8) is 0 Å². The van der Waals surface area contributed by atoms with E-state index in [0.29, 0.717) is 13.0 Å². The number of fused-ring (bicyclic) bond motifs is 1. The van der Waals surface area contributed by atoms with Crippen LogP contribution in [0, 0.1) is 0 Å². The summed E-state index contributed by atoms with van der Waals surface area (Å²) < 4.78 is 1.16. The topological polar surface area (TPSA) is 54.0 Å². The van der Waals surface area contributed by atoms with E-state index in [1.165, 1.54) is 5.57 Å². The summed E-state index contributed by atoms with van der Waals surface area (Å²) in [5.74, 6) is 0.0531. The Kier molecular flexibility index (Phi) is 5.55. The van der Waals surface area contributed by atoms with Gasteiger partial charge in [-0.15, -0.1) is 11.3 Å². The molecule has 144 valence electrons. The number of thiazole rings is 1. The number of nitrogens with one attached hydrogen (secondary N) is 2. The predicted molar refractivity (Wildman–Crippen MR) is 116 cm³/mol. The Labute approximate surface area is 169 Å². The molecule has 2 heterocycles. The summed E-state index contributed by atoms with van der Waals surface area (Å²) in [6.45, 7) is 4.50. The monoisotopic (exact) mass is 391 g/mol. The quantitative estimate of drug-likeness (QED) is 0.628. The Morgan fingerprint density at radius 3 is 2.71 bits per heavy atom. The molecule has 2 aromatic carbocycles. The minimum atomic E-state index is -0.664. The molecule has 1 unspecified atom stereocenters. The second-order valence-corrected chi connectivity index (χ2v) is 8.56. The van der Waals surface area contributed by atoms with Crippen LogP contribution >= 0.6 is 11.3 Å². The highest BCUT2D eigenvalue weighted by Gasteiger charge is 2.36. The fraction of sp³-hybridized carbons (Fsp3) is 0.304. The van der Waals surface area contributed by atoms with Gasteiger partial charge in [-0.3, -0.25) is 4.79 Å². The molecular weight excluding hydrogens is 366 g/mol. The van der Waals surface area contributed by atoms with Crippen molar-refractivity contribution >= 4 is 27.5 Å². The number of benzene rings is 2. The summed E-state index contributed by atoms with van der Waals surface area (Å²) in [7, 11) is 0. The van der Waals surface area contributed by atoms with Crippen LogP contribution < -0.4 is 10.6 Å². The maximum Gasteiger partial charge on any atom is 0.231 e. The third-order valence-corrected chi connectivity index (χ3v) is 6.43. The molecule has 0 bridgehead atoms. The van der Waals surface area contributed by atoms with Crippen molar-refractivity contribution < 1.29 is 4.79 Å². The average molecular weight is 392 g/mol. The lowest BCUT2D eigenvalue weighted by atomic mass is 9.78. The number of para-hydroxylation sites is 1. The van der Waals surface area contributed by atoms with Gasteiger partial charge in [0.15, 0.2) is 0 Å². The summed E-state index contributed by atoms with van der Waals surface area (Å²) in [4.78, 5) is 18.1. The highest BCUT2D eigenvalue weighted by atomic mass is 32.1. The molecule has 1 aromatic heterocycles. The molecule has 5 heteroatoms. The molecule has 0 radical (unpaired) electrons. The molecule has 0 saturated carbocycles. The van der Waals surface area contributed by atoms with E-state index in [9.17, 15) is 4.79 Å². The van der Waals surface area contributed by atoms with Gasteiger partial charge in [0.1, 0.15) is 0 Å². The molecule has 0 saturated heterocycles. The van der Waals surface area contributed by atoms with Gasteiger partial charge in [-0.25, -0.2) is 4.98 Å². The summed E-state index contributed by atoms with van der Waals surface area (Å²) in [6, 6.07) is 18.2. The van der Waals surface area contributed by atoms with Gasteiger partial charge >= 0.3 is 0 Å². The van der Waals surface area contributed by atoms with Crippen LogP contribution in [0.3, 0.4) is 0 Å². The van der Waals surface area contributed by atoms with Gasteiger partial charge in [-0.05, 0) is 37.6 Å². The lowest BCUT2D eigenvalue weighted by molar-refractivity contribution is -0.126. The second-order valence-electron chi connectivity index (χ2n) is 7.45. The zero-order valence-corrected chi connectivity index (χ0v) is 16.9. The van der Waals surface area contributed by atoms with Crippen molar-refractivity contribution in [3.8, 4) is 0 Å². The molecule has 0 fully saturated rings. The Hall–Kier alpha value is -2.50. The van der Waals surface area contributed by atoms with E-state index in [0.717, 1.165) is 40.3 Å². The van der Waals surface area contributed by atoms with E-state index < -0.39 is 5.41 Å². The van der Waals surface area contributed by atoms with Crippen molar-refractivity contribution in [1.82, 2.24) is 15.6 Å². The summed E-state index contributed by atoms with van der Waals surface area (Å²) in [5.41, 5.74) is 2.65. The molecule has 0 spiro atoms. The predicted octanol–water partition coefficient (Wildman–Crippen LogP) is 3.83. The van der Waals surface area contributed by atoms with E-state index in [4.69, 9.17) is 4.98 Å². The van der Waals surface area contributed by atoms with Crippen LogP contribution in [0.15, 0.2) is 66.2 Å². The molecule has 0 aliphatic carbocycles. The molecule has 2 N–H and O–H groups in total. The molecule has 28 heavy (non-hydrogen) atoms. The van der Waals surface area contributed by atoms with Crippen LogP contribution in [0.1, 0.15) is 23.9 Å². The average Bonchev–Trinajstić information content (AvgIpc) is 3.15. The van der Waals surface area contributed by atoms with Crippen LogP contribution in [0.5, 0.6) is 0 Å². The van der Waals surface area contributed by atoms with Gasteiger partial charge in [-0.1, -0.05) is 54.1 Å². The molecule has 4 rings (SSSR count). The lowest BCUT2D eigenvalue weighted by Crippen LogP contribution is -2.45. The van der Waals surface area contributed by atoms with Gasteiger partial charge < -0.3 is 10.6 Å². The minimum absolute atomic E-state index is 0.0531. The maximum absolute atomic E-state index is 13.4. The molecular formula is C23H25N3OS. The highest BCUT2D eigenvalue weighted by Crippen LogP contribution is 2.32. The number of carbonyl (C=O) groups excluding carboxylic acids is 1. The van der Waals surface area contributed by atoms with Crippen LogP contribution in [0.25, 0.3) is 10.2 Å². The first-order valence-electron chi connectivity index (χ1n) is 9.72. The van der Waals surface area contributed by atoms with E-state index in [1.54, 1.807) is 11.3 Å². The largest absolute Gasteiger partial charge is 0.352 e. The van der Waals surface area contributed by atoms with E-state index in [-0.39, 0.29) is 5.91 Å². The number of hydrogen-bond donors (Lipinski definition) is 2. The van der Waals surface area contributed by atoms with Crippen LogP contribution in [0.2, 0.25) is 0 Å². The summed E-state index contributed by atoms with van der Waals surface area (Å²) in [5, 5.41) is 7.48. The number of carbonyl (C=O) groups is 1. The van der Waals surface area contributed by atoms with E-state index in [2.05, 4.69) is 22.8 Å². The minimum Gasteiger partial charge on any atom is -0.352 e. The van der Waals surface area contributed by atoms with Gasteiger partial charge in [-0.2, -0.15) is 0 Å². The van der Waals surface area contributed by atoms with Crippen molar-refractivity contribution in [2.24, 2.45) is 0 Å². The third-order valence-electron chi connectivity index (χ3n) is 5.39. The molecule has 1 aliphatic heterocycles. The molecule has 3 aromatic rings. The zero-order chi connectivity index (χ0) is 19.4. The molecule has 1 aliphatic rings. The zero-order valence-electron chi connectivity index (χ0n) is 16.1. The van der Waals surface area contributed by atoms with E-state index in [1.807, 2.05) is 55.5 Å².